The van der Waals surface area contributed by atoms with Crippen molar-refractivity contribution in [3.05, 3.63) is 59.4 Å². The normalized spacial score (nSPS) is 11.9. The molecule has 0 radical (unpaired) electrons. The molecule has 0 unspecified atom stereocenters. The summed E-state index contributed by atoms with van der Waals surface area (Å²) in [5.74, 6) is -0.663. The average molecular weight is 408 g/mol. The van der Waals surface area contributed by atoms with Gasteiger partial charge in [0.25, 0.3) is 5.91 Å². The predicted octanol–water partition coefficient (Wildman–Crippen LogP) is 3.18. The van der Waals surface area contributed by atoms with Gasteiger partial charge in [0, 0.05) is 24.7 Å². The SMILES string of the molecule is COc1ccc(CN(C)C(=O)c2ccc(S(=O)(=O)NC(C)(C)C)cc2)cc1F. The van der Waals surface area contributed by atoms with E-state index < -0.39 is 21.4 Å². The number of amides is 1. The number of halogens is 1. The van der Waals surface area contributed by atoms with Crippen molar-refractivity contribution in [1.82, 2.24) is 9.62 Å². The second-order valence-corrected chi connectivity index (χ2v) is 9.19. The monoisotopic (exact) mass is 408 g/mol. The predicted molar refractivity (Wildman–Crippen MR) is 105 cm³/mol. The fourth-order valence-electron chi connectivity index (χ4n) is 2.61. The van der Waals surface area contributed by atoms with E-state index in [0.717, 1.165) is 0 Å². The molecule has 0 aliphatic heterocycles. The van der Waals surface area contributed by atoms with E-state index in [4.69, 9.17) is 4.74 Å². The van der Waals surface area contributed by atoms with Crippen molar-refractivity contribution in [2.75, 3.05) is 14.2 Å². The molecule has 152 valence electrons. The molecule has 1 amide bonds. The Bertz CT molecular complexity index is 951. The van der Waals surface area contributed by atoms with Gasteiger partial charge in [-0.25, -0.2) is 17.5 Å². The zero-order chi connectivity index (χ0) is 21.1. The molecular formula is C20H25FN2O4S. The van der Waals surface area contributed by atoms with Gasteiger partial charge in [0.15, 0.2) is 11.6 Å². The summed E-state index contributed by atoms with van der Waals surface area (Å²) in [7, 11) is -0.692. The number of methoxy groups -OCH3 is 1. The number of ether oxygens (including phenoxy) is 1. The molecular weight excluding hydrogens is 383 g/mol. The molecule has 6 nitrogen and oxygen atoms in total. The lowest BCUT2D eigenvalue weighted by Crippen LogP contribution is -2.40. The summed E-state index contributed by atoms with van der Waals surface area (Å²) < 4.78 is 45.9. The van der Waals surface area contributed by atoms with Crippen LogP contribution in [-0.4, -0.2) is 38.9 Å². The van der Waals surface area contributed by atoms with E-state index in [-0.39, 0.29) is 23.1 Å². The van der Waals surface area contributed by atoms with Crippen LogP contribution in [0.15, 0.2) is 47.4 Å². The smallest absolute Gasteiger partial charge is 0.253 e. The van der Waals surface area contributed by atoms with Gasteiger partial charge in [-0.15, -0.1) is 0 Å². The molecule has 1 N–H and O–H groups in total. The number of benzene rings is 2. The zero-order valence-corrected chi connectivity index (χ0v) is 17.4. The third-order valence-corrected chi connectivity index (χ3v) is 5.61. The highest BCUT2D eigenvalue weighted by Crippen LogP contribution is 2.19. The van der Waals surface area contributed by atoms with Gasteiger partial charge < -0.3 is 9.64 Å². The van der Waals surface area contributed by atoms with Crippen molar-refractivity contribution in [2.45, 2.75) is 37.8 Å². The van der Waals surface area contributed by atoms with Crippen LogP contribution < -0.4 is 9.46 Å². The fourth-order valence-corrected chi connectivity index (χ4v) is 4.03. The van der Waals surface area contributed by atoms with Gasteiger partial charge in [0.05, 0.1) is 12.0 Å². The number of hydrogen-bond donors (Lipinski definition) is 1. The van der Waals surface area contributed by atoms with Gasteiger partial charge in [-0.3, -0.25) is 4.79 Å². The van der Waals surface area contributed by atoms with E-state index >= 15 is 0 Å². The summed E-state index contributed by atoms with van der Waals surface area (Å²) in [5, 5.41) is 0. The first kappa shape index (κ1) is 21.8. The Morgan fingerprint density at radius 3 is 2.25 bits per heavy atom. The highest BCUT2D eigenvalue weighted by atomic mass is 32.2. The minimum Gasteiger partial charge on any atom is -0.494 e. The maximum Gasteiger partial charge on any atom is 0.253 e. The molecule has 0 spiro atoms. The topological polar surface area (TPSA) is 75.7 Å². The van der Waals surface area contributed by atoms with Crippen LogP contribution in [-0.2, 0) is 16.6 Å². The second kappa shape index (κ2) is 8.28. The molecule has 0 fully saturated rings. The maximum absolute atomic E-state index is 13.8. The van der Waals surface area contributed by atoms with Crippen LogP contribution in [0.2, 0.25) is 0 Å². The van der Waals surface area contributed by atoms with Crippen LogP contribution in [0.25, 0.3) is 0 Å². The Morgan fingerprint density at radius 2 is 1.75 bits per heavy atom. The van der Waals surface area contributed by atoms with Crippen LogP contribution in [0.5, 0.6) is 5.75 Å². The standard InChI is InChI=1S/C20H25FN2O4S/c1-20(2,3)22-28(25,26)16-9-7-15(8-10-16)19(24)23(4)13-14-6-11-18(27-5)17(21)12-14/h6-12,22H,13H2,1-5H3. The van der Waals surface area contributed by atoms with E-state index in [1.54, 1.807) is 33.9 Å². The zero-order valence-electron chi connectivity index (χ0n) is 16.6. The molecule has 28 heavy (non-hydrogen) atoms. The van der Waals surface area contributed by atoms with Gasteiger partial charge in [-0.2, -0.15) is 0 Å². The summed E-state index contributed by atoms with van der Waals surface area (Å²) in [5.41, 5.74) is 0.343. The summed E-state index contributed by atoms with van der Waals surface area (Å²) >= 11 is 0. The lowest BCUT2D eigenvalue weighted by molar-refractivity contribution is 0.0785. The van der Waals surface area contributed by atoms with Crippen molar-refractivity contribution in [2.24, 2.45) is 0 Å². The van der Waals surface area contributed by atoms with Gasteiger partial charge >= 0.3 is 0 Å². The molecule has 0 saturated carbocycles. The number of carbonyl (C=O) groups excluding carboxylic acids is 1. The van der Waals surface area contributed by atoms with Crippen LogP contribution in [0.4, 0.5) is 4.39 Å². The van der Waals surface area contributed by atoms with Crippen LogP contribution >= 0.6 is 0 Å². The van der Waals surface area contributed by atoms with Gasteiger partial charge in [-0.1, -0.05) is 6.07 Å². The molecule has 0 bridgehead atoms. The Balaban J connectivity index is 2.13. The van der Waals surface area contributed by atoms with Crippen LogP contribution in [0.1, 0.15) is 36.7 Å². The van der Waals surface area contributed by atoms with E-state index in [9.17, 15) is 17.6 Å². The van der Waals surface area contributed by atoms with E-state index in [1.165, 1.54) is 48.4 Å². The Labute approximate surface area is 165 Å². The van der Waals surface area contributed by atoms with Crippen LogP contribution in [0.3, 0.4) is 0 Å². The molecule has 2 rings (SSSR count). The maximum atomic E-state index is 13.8. The Morgan fingerprint density at radius 1 is 1.14 bits per heavy atom. The van der Waals surface area contributed by atoms with E-state index in [2.05, 4.69) is 4.72 Å². The number of hydrogen-bond acceptors (Lipinski definition) is 4. The van der Waals surface area contributed by atoms with Crippen molar-refractivity contribution < 1.29 is 22.3 Å². The average Bonchev–Trinajstić information content (AvgIpc) is 2.59. The third kappa shape index (κ3) is 5.53. The highest BCUT2D eigenvalue weighted by molar-refractivity contribution is 7.89. The molecule has 0 aromatic heterocycles. The molecule has 8 heteroatoms. The first-order chi connectivity index (χ1) is 12.9. The van der Waals surface area contributed by atoms with Crippen molar-refractivity contribution >= 4 is 15.9 Å². The number of sulfonamides is 1. The first-order valence-electron chi connectivity index (χ1n) is 8.65. The summed E-state index contributed by atoms with van der Waals surface area (Å²) in [6.45, 7) is 5.45. The molecule has 2 aromatic carbocycles. The van der Waals surface area contributed by atoms with Gasteiger partial charge in [0.2, 0.25) is 10.0 Å². The minimum absolute atomic E-state index is 0.0823. The van der Waals surface area contributed by atoms with Gasteiger partial charge in [0.1, 0.15) is 0 Å². The summed E-state index contributed by atoms with van der Waals surface area (Å²) in [6, 6.07) is 10.2. The molecule has 0 saturated heterocycles. The number of carbonyl (C=O) groups is 1. The Hall–Kier alpha value is -2.45. The molecule has 0 aliphatic carbocycles. The number of rotatable bonds is 6. The van der Waals surface area contributed by atoms with E-state index in [1.807, 2.05) is 0 Å². The molecule has 0 heterocycles. The lowest BCUT2D eigenvalue weighted by atomic mass is 10.1. The van der Waals surface area contributed by atoms with Crippen molar-refractivity contribution in [1.29, 1.82) is 0 Å². The van der Waals surface area contributed by atoms with Crippen LogP contribution in [0, 0.1) is 5.82 Å². The second-order valence-electron chi connectivity index (χ2n) is 7.51. The summed E-state index contributed by atoms with van der Waals surface area (Å²) in [6.07, 6.45) is 0. The number of nitrogens with one attached hydrogen (secondary N) is 1. The van der Waals surface area contributed by atoms with Crippen molar-refractivity contribution in [3.63, 3.8) is 0 Å². The van der Waals surface area contributed by atoms with E-state index in [0.29, 0.717) is 11.1 Å². The van der Waals surface area contributed by atoms with Gasteiger partial charge in [-0.05, 0) is 62.7 Å². The molecule has 0 atom stereocenters. The highest BCUT2D eigenvalue weighted by Gasteiger charge is 2.22. The number of nitrogens with zero attached hydrogens (tertiary/aromatic N) is 1. The minimum atomic E-state index is -3.67. The van der Waals surface area contributed by atoms with Crippen molar-refractivity contribution in [3.8, 4) is 5.75 Å². The summed E-state index contributed by atoms with van der Waals surface area (Å²) in [4.78, 5) is 14.1. The fraction of sp³-hybridized carbons (Fsp3) is 0.350. The lowest BCUT2D eigenvalue weighted by Gasteiger charge is -2.21. The Kier molecular flexibility index (Phi) is 6.46. The largest absolute Gasteiger partial charge is 0.494 e. The first-order valence-corrected chi connectivity index (χ1v) is 10.1. The molecule has 0 aliphatic rings. The quantitative estimate of drug-likeness (QED) is 0.797. The third-order valence-electron chi connectivity index (χ3n) is 3.83. The molecule has 2 aromatic rings.